The Morgan fingerprint density at radius 1 is 1.50 bits per heavy atom. The van der Waals surface area contributed by atoms with Gasteiger partial charge in [-0.05, 0) is 19.4 Å². The van der Waals surface area contributed by atoms with Crippen molar-refractivity contribution in [3.63, 3.8) is 0 Å². The number of hydrogen-bond acceptors (Lipinski definition) is 4. The third kappa shape index (κ3) is 3.16. The van der Waals surface area contributed by atoms with Gasteiger partial charge >= 0.3 is 5.97 Å². The van der Waals surface area contributed by atoms with E-state index in [0.29, 0.717) is 19.4 Å². The van der Waals surface area contributed by atoms with Gasteiger partial charge in [-0.1, -0.05) is 0 Å². The fraction of sp³-hybridized carbons (Fsp3) is 0.615. The number of aliphatic carboxylic acids is 1. The molecule has 1 aliphatic heterocycles. The SMILES string of the molecule is Cc1[nH]nc(CCC(=O)N2CCOC(C(=O)O)C2)c1C. The van der Waals surface area contributed by atoms with Crippen LogP contribution in [0, 0.1) is 13.8 Å². The first-order valence-electron chi connectivity index (χ1n) is 6.61. The minimum Gasteiger partial charge on any atom is -0.479 e. The summed E-state index contributed by atoms with van der Waals surface area (Å²) in [6.45, 7) is 4.73. The van der Waals surface area contributed by atoms with Crippen molar-refractivity contribution in [1.82, 2.24) is 15.1 Å². The highest BCUT2D eigenvalue weighted by Crippen LogP contribution is 2.13. The van der Waals surface area contributed by atoms with Crippen molar-refractivity contribution in [1.29, 1.82) is 0 Å². The molecule has 0 aromatic carbocycles. The fourth-order valence-electron chi connectivity index (χ4n) is 2.19. The molecule has 1 aliphatic rings. The Morgan fingerprint density at radius 2 is 2.25 bits per heavy atom. The molecule has 0 spiro atoms. The van der Waals surface area contributed by atoms with Gasteiger partial charge in [0.2, 0.25) is 5.91 Å². The molecule has 1 aromatic rings. The van der Waals surface area contributed by atoms with Crippen LogP contribution in [0.1, 0.15) is 23.4 Å². The van der Waals surface area contributed by atoms with E-state index in [0.717, 1.165) is 17.0 Å². The Bertz CT molecular complexity index is 512. The summed E-state index contributed by atoms with van der Waals surface area (Å²) in [4.78, 5) is 24.5. The number of H-pyrrole nitrogens is 1. The van der Waals surface area contributed by atoms with Crippen LogP contribution in [0.2, 0.25) is 0 Å². The molecule has 1 saturated heterocycles. The molecule has 20 heavy (non-hydrogen) atoms. The fourth-order valence-corrected chi connectivity index (χ4v) is 2.19. The molecule has 1 aromatic heterocycles. The first-order valence-corrected chi connectivity index (χ1v) is 6.61. The van der Waals surface area contributed by atoms with Crippen LogP contribution in [-0.4, -0.2) is 57.9 Å². The van der Waals surface area contributed by atoms with E-state index in [9.17, 15) is 9.59 Å². The van der Waals surface area contributed by atoms with E-state index in [1.165, 1.54) is 0 Å². The molecule has 1 unspecified atom stereocenters. The first-order chi connectivity index (χ1) is 9.49. The van der Waals surface area contributed by atoms with Gasteiger partial charge in [-0.3, -0.25) is 9.89 Å². The molecule has 1 atom stereocenters. The van der Waals surface area contributed by atoms with Crippen LogP contribution in [0.3, 0.4) is 0 Å². The lowest BCUT2D eigenvalue weighted by Gasteiger charge is -2.30. The molecule has 7 nitrogen and oxygen atoms in total. The van der Waals surface area contributed by atoms with E-state index >= 15 is 0 Å². The van der Waals surface area contributed by atoms with Crippen LogP contribution >= 0.6 is 0 Å². The number of nitrogens with one attached hydrogen (secondary N) is 1. The number of carbonyl (C=O) groups excluding carboxylic acids is 1. The minimum atomic E-state index is -1.03. The number of amides is 1. The quantitative estimate of drug-likeness (QED) is 0.826. The van der Waals surface area contributed by atoms with E-state index in [-0.39, 0.29) is 19.1 Å². The topological polar surface area (TPSA) is 95.5 Å². The number of carbonyl (C=O) groups is 2. The van der Waals surface area contributed by atoms with Crippen LogP contribution in [0.5, 0.6) is 0 Å². The molecule has 0 aliphatic carbocycles. The number of rotatable bonds is 4. The summed E-state index contributed by atoms with van der Waals surface area (Å²) in [7, 11) is 0. The third-order valence-corrected chi connectivity index (χ3v) is 3.62. The molecule has 0 saturated carbocycles. The van der Waals surface area contributed by atoms with Crippen LogP contribution in [0.25, 0.3) is 0 Å². The number of nitrogens with zero attached hydrogens (tertiary/aromatic N) is 2. The van der Waals surface area contributed by atoms with E-state index in [1.54, 1.807) is 4.90 Å². The van der Waals surface area contributed by atoms with Gasteiger partial charge in [0.05, 0.1) is 18.8 Å². The molecule has 0 radical (unpaired) electrons. The lowest BCUT2D eigenvalue weighted by molar-refractivity contribution is -0.159. The molecular weight excluding hydrogens is 262 g/mol. The molecule has 2 N–H and O–H groups in total. The lowest BCUT2D eigenvalue weighted by Crippen LogP contribution is -2.48. The zero-order valence-electron chi connectivity index (χ0n) is 11.7. The second-order valence-electron chi connectivity index (χ2n) is 4.96. The van der Waals surface area contributed by atoms with Crippen molar-refractivity contribution < 1.29 is 19.4 Å². The summed E-state index contributed by atoms with van der Waals surface area (Å²) >= 11 is 0. The lowest BCUT2D eigenvalue weighted by atomic mass is 10.1. The Kier molecular flexibility index (Phi) is 4.39. The van der Waals surface area contributed by atoms with E-state index in [2.05, 4.69) is 10.2 Å². The average Bonchev–Trinajstić information content (AvgIpc) is 2.76. The normalized spacial score (nSPS) is 19.1. The number of aromatic nitrogens is 2. The predicted molar refractivity (Wildman–Crippen MR) is 70.3 cm³/mol. The highest BCUT2D eigenvalue weighted by Gasteiger charge is 2.28. The molecule has 1 fully saturated rings. The Labute approximate surface area is 116 Å². The van der Waals surface area contributed by atoms with Gasteiger partial charge in [0, 0.05) is 25.1 Å². The maximum Gasteiger partial charge on any atom is 0.334 e. The monoisotopic (exact) mass is 281 g/mol. The Morgan fingerprint density at radius 3 is 2.85 bits per heavy atom. The standard InChI is InChI=1S/C13H19N3O4/c1-8-9(2)14-15-10(8)3-4-12(17)16-5-6-20-11(7-16)13(18)19/h11H,3-7H2,1-2H3,(H,14,15)(H,18,19). The van der Waals surface area contributed by atoms with Crippen molar-refractivity contribution in [2.24, 2.45) is 0 Å². The largest absolute Gasteiger partial charge is 0.479 e. The Balaban J connectivity index is 1.88. The van der Waals surface area contributed by atoms with Crippen molar-refractivity contribution >= 4 is 11.9 Å². The Hall–Kier alpha value is -1.89. The highest BCUT2D eigenvalue weighted by atomic mass is 16.5. The number of morpholine rings is 1. The number of carboxylic acid groups (broad SMARTS) is 1. The van der Waals surface area contributed by atoms with Crippen molar-refractivity contribution in [3.05, 3.63) is 17.0 Å². The zero-order valence-corrected chi connectivity index (χ0v) is 11.7. The van der Waals surface area contributed by atoms with Crippen molar-refractivity contribution in [2.75, 3.05) is 19.7 Å². The van der Waals surface area contributed by atoms with Crippen molar-refractivity contribution in [3.8, 4) is 0 Å². The van der Waals surface area contributed by atoms with Crippen LogP contribution < -0.4 is 0 Å². The van der Waals surface area contributed by atoms with Gasteiger partial charge in [0.1, 0.15) is 0 Å². The summed E-state index contributed by atoms with van der Waals surface area (Å²) in [6, 6.07) is 0. The second-order valence-corrected chi connectivity index (χ2v) is 4.96. The molecule has 0 bridgehead atoms. The van der Waals surface area contributed by atoms with Gasteiger partial charge in [-0.2, -0.15) is 5.10 Å². The second kappa shape index (κ2) is 6.04. The van der Waals surface area contributed by atoms with Crippen molar-refractivity contribution in [2.45, 2.75) is 32.8 Å². The van der Waals surface area contributed by atoms with Gasteiger partial charge in [-0.25, -0.2) is 4.79 Å². The number of aryl methyl sites for hydroxylation is 2. The molecule has 1 amide bonds. The molecule has 7 heteroatoms. The van der Waals surface area contributed by atoms with Gasteiger partial charge in [-0.15, -0.1) is 0 Å². The maximum atomic E-state index is 12.1. The van der Waals surface area contributed by atoms with Crippen LogP contribution in [0.15, 0.2) is 0 Å². The number of aromatic amines is 1. The first kappa shape index (κ1) is 14.5. The maximum absolute atomic E-state index is 12.1. The number of carboxylic acids is 1. The van der Waals surface area contributed by atoms with Gasteiger partial charge in [0.25, 0.3) is 0 Å². The molecule has 110 valence electrons. The van der Waals surface area contributed by atoms with E-state index in [4.69, 9.17) is 9.84 Å². The number of hydrogen-bond donors (Lipinski definition) is 2. The van der Waals surface area contributed by atoms with Gasteiger partial charge in [0.15, 0.2) is 6.10 Å². The summed E-state index contributed by atoms with van der Waals surface area (Å²) in [5.74, 6) is -1.08. The van der Waals surface area contributed by atoms with Crippen LogP contribution in [0.4, 0.5) is 0 Å². The molecular formula is C13H19N3O4. The molecule has 2 rings (SSSR count). The predicted octanol–water partition coefficient (Wildman–Crippen LogP) is 0.271. The summed E-state index contributed by atoms with van der Waals surface area (Å²) < 4.78 is 5.09. The highest BCUT2D eigenvalue weighted by molar-refractivity contribution is 5.78. The average molecular weight is 281 g/mol. The molecule has 2 heterocycles. The summed E-state index contributed by atoms with van der Waals surface area (Å²) in [5.41, 5.74) is 2.96. The zero-order chi connectivity index (χ0) is 14.7. The van der Waals surface area contributed by atoms with Crippen LogP contribution in [-0.2, 0) is 20.7 Å². The minimum absolute atomic E-state index is 0.0559. The van der Waals surface area contributed by atoms with E-state index < -0.39 is 12.1 Å². The third-order valence-electron chi connectivity index (χ3n) is 3.62. The summed E-state index contributed by atoms with van der Waals surface area (Å²) in [5, 5.41) is 16.0. The smallest absolute Gasteiger partial charge is 0.334 e. The summed E-state index contributed by atoms with van der Waals surface area (Å²) in [6.07, 6.45) is -0.0243. The number of ether oxygens (including phenoxy) is 1. The van der Waals surface area contributed by atoms with E-state index in [1.807, 2.05) is 13.8 Å². The van der Waals surface area contributed by atoms with Gasteiger partial charge < -0.3 is 14.7 Å².